The first-order valence-corrected chi connectivity index (χ1v) is 7.24. The van der Waals surface area contributed by atoms with E-state index in [1.165, 1.54) is 0 Å². The van der Waals surface area contributed by atoms with Crippen LogP contribution in [0.15, 0.2) is 0 Å². The number of aliphatic hydroxyl groups excluding tert-OH is 1. The van der Waals surface area contributed by atoms with Crippen molar-refractivity contribution >= 4 is 16.0 Å². The van der Waals surface area contributed by atoms with Crippen LogP contribution in [0.5, 0.6) is 0 Å². The Morgan fingerprint density at radius 1 is 1.41 bits per heavy atom. The topological polar surface area (TPSA) is 104 Å². The standard InChI is InChI=1S/C10H21NO5S/c1-3-10(2,6-7-12)11-17(15,16)8-4-5-9(13)14/h11-12H,3-8H2,1-2H3,(H,13,14). The van der Waals surface area contributed by atoms with Crippen LogP contribution in [0.1, 0.15) is 39.5 Å². The van der Waals surface area contributed by atoms with Gasteiger partial charge in [-0.05, 0) is 26.2 Å². The zero-order valence-electron chi connectivity index (χ0n) is 10.3. The molecule has 6 nitrogen and oxygen atoms in total. The molecule has 7 heteroatoms. The molecule has 0 aliphatic carbocycles. The fourth-order valence-electron chi connectivity index (χ4n) is 1.39. The lowest BCUT2D eigenvalue weighted by Crippen LogP contribution is -2.46. The van der Waals surface area contributed by atoms with E-state index in [1.807, 2.05) is 6.92 Å². The fraction of sp³-hybridized carbons (Fsp3) is 0.900. The molecular formula is C10H21NO5S. The van der Waals surface area contributed by atoms with Crippen molar-refractivity contribution in [2.45, 2.75) is 45.1 Å². The molecule has 102 valence electrons. The van der Waals surface area contributed by atoms with E-state index in [0.717, 1.165) is 0 Å². The van der Waals surface area contributed by atoms with E-state index >= 15 is 0 Å². The Morgan fingerprint density at radius 2 is 2.00 bits per heavy atom. The molecule has 0 bridgehead atoms. The van der Waals surface area contributed by atoms with Crippen LogP contribution >= 0.6 is 0 Å². The third-order valence-corrected chi connectivity index (χ3v) is 4.28. The Kier molecular flexibility index (Phi) is 6.66. The molecule has 0 amide bonds. The average Bonchev–Trinajstić information content (AvgIpc) is 2.16. The highest BCUT2D eigenvalue weighted by Gasteiger charge is 2.27. The van der Waals surface area contributed by atoms with Gasteiger partial charge in [-0.15, -0.1) is 0 Å². The number of carboxylic acid groups (broad SMARTS) is 1. The highest BCUT2D eigenvalue weighted by molar-refractivity contribution is 7.89. The molecule has 0 aliphatic heterocycles. The summed E-state index contributed by atoms with van der Waals surface area (Å²) < 4.78 is 25.9. The molecule has 0 rings (SSSR count). The Morgan fingerprint density at radius 3 is 2.41 bits per heavy atom. The predicted molar refractivity (Wildman–Crippen MR) is 64.2 cm³/mol. The lowest BCUT2D eigenvalue weighted by molar-refractivity contribution is -0.137. The van der Waals surface area contributed by atoms with Gasteiger partial charge in [-0.25, -0.2) is 13.1 Å². The van der Waals surface area contributed by atoms with Crippen molar-refractivity contribution in [2.24, 2.45) is 0 Å². The fourth-order valence-corrected chi connectivity index (χ4v) is 3.01. The third kappa shape index (κ3) is 7.30. The zero-order valence-corrected chi connectivity index (χ0v) is 11.1. The molecule has 0 aromatic carbocycles. The SMILES string of the molecule is CCC(C)(CCO)NS(=O)(=O)CCCC(=O)O. The zero-order chi connectivity index (χ0) is 13.5. The summed E-state index contributed by atoms with van der Waals surface area (Å²) in [5.74, 6) is -1.21. The summed E-state index contributed by atoms with van der Waals surface area (Å²) in [5.41, 5.74) is -0.670. The summed E-state index contributed by atoms with van der Waals surface area (Å²) in [6, 6.07) is 0. The second-order valence-corrected chi connectivity index (χ2v) is 6.15. The third-order valence-electron chi connectivity index (χ3n) is 2.65. The highest BCUT2D eigenvalue weighted by Crippen LogP contribution is 2.15. The number of hydrogen-bond donors (Lipinski definition) is 3. The first kappa shape index (κ1) is 16.3. The number of carboxylic acids is 1. The summed E-state index contributed by atoms with van der Waals surface area (Å²) in [5, 5.41) is 17.3. The molecule has 3 N–H and O–H groups in total. The van der Waals surface area contributed by atoms with Crippen molar-refractivity contribution < 1.29 is 23.4 Å². The van der Waals surface area contributed by atoms with Gasteiger partial charge in [0.25, 0.3) is 0 Å². The van der Waals surface area contributed by atoms with Gasteiger partial charge in [-0.2, -0.15) is 0 Å². The monoisotopic (exact) mass is 267 g/mol. The van der Waals surface area contributed by atoms with Gasteiger partial charge in [0.15, 0.2) is 0 Å². The number of hydrogen-bond acceptors (Lipinski definition) is 4. The minimum atomic E-state index is -3.49. The van der Waals surface area contributed by atoms with Crippen LogP contribution in [-0.2, 0) is 14.8 Å². The summed E-state index contributed by atoms with van der Waals surface area (Å²) >= 11 is 0. The molecule has 1 atom stereocenters. The predicted octanol–water partition coefficient (Wildman–Crippen LogP) is 0.322. The van der Waals surface area contributed by atoms with Crippen molar-refractivity contribution in [1.29, 1.82) is 0 Å². The van der Waals surface area contributed by atoms with E-state index < -0.39 is 21.5 Å². The summed E-state index contributed by atoms with van der Waals surface area (Å²) in [6.45, 7) is 3.45. The number of aliphatic hydroxyl groups is 1. The van der Waals surface area contributed by atoms with Gasteiger partial charge in [0.2, 0.25) is 10.0 Å². The highest BCUT2D eigenvalue weighted by atomic mass is 32.2. The number of aliphatic carboxylic acids is 1. The largest absolute Gasteiger partial charge is 0.481 e. The van der Waals surface area contributed by atoms with Gasteiger partial charge in [-0.1, -0.05) is 6.92 Å². The van der Waals surface area contributed by atoms with Crippen molar-refractivity contribution in [2.75, 3.05) is 12.4 Å². The van der Waals surface area contributed by atoms with Crippen LogP contribution in [-0.4, -0.2) is 42.5 Å². The summed E-state index contributed by atoms with van der Waals surface area (Å²) in [7, 11) is -3.49. The van der Waals surface area contributed by atoms with E-state index in [4.69, 9.17) is 10.2 Å². The van der Waals surface area contributed by atoms with Crippen molar-refractivity contribution in [1.82, 2.24) is 4.72 Å². The smallest absolute Gasteiger partial charge is 0.303 e. The van der Waals surface area contributed by atoms with Crippen molar-refractivity contribution in [3.8, 4) is 0 Å². The Hall–Kier alpha value is -0.660. The van der Waals surface area contributed by atoms with Gasteiger partial charge in [0, 0.05) is 18.6 Å². The second-order valence-electron chi connectivity index (χ2n) is 4.31. The van der Waals surface area contributed by atoms with Crippen molar-refractivity contribution in [3.63, 3.8) is 0 Å². The van der Waals surface area contributed by atoms with Crippen LogP contribution in [0, 0.1) is 0 Å². The van der Waals surface area contributed by atoms with Crippen molar-refractivity contribution in [3.05, 3.63) is 0 Å². The first-order chi connectivity index (χ1) is 7.74. The first-order valence-electron chi connectivity index (χ1n) is 5.59. The van der Waals surface area contributed by atoms with E-state index in [0.29, 0.717) is 12.8 Å². The van der Waals surface area contributed by atoms with Crippen LogP contribution < -0.4 is 4.72 Å². The molecule has 0 aromatic rings. The molecule has 0 aliphatic rings. The van der Waals surface area contributed by atoms with Gasteiger partial charge < -0.3 is 10.2 Å². The maximum absolute atomic E-state index is 11.7. The van der Waals surface area contributed by atoms with E-state index in [-0.39, 0.29) is 25.2 Å². The molecule has 0 radical (unpaired) electrons. The summed E-state index contributed by atoms with van der Waals surface area (Å²) in [4.78, 5) is 10.3. The van der Waals surface area contributed by atoms with E-state index in [9.17, 15) is 13.2 Å². The van der Waals surface area contributed by atoms with Gasteiger partial charge in [-0.3, -0.25) is 4.79 Å². The molecule has 17 heavy (non-hydrogen) atoms. The number of sulfonamides is 1. The maximum Gasteiger partial charge on any atom is 0.303 e. The van der Waals surface area contributed by atoms with Gasteiger partial charge in [0.1, 0.15) is 0 Å². The molecule has 0 aromatic heterocycles. The normalized spacial score (nSPS) is 15.5. The lowest BCUT2D eigenvalue weighted by atomic mass is 9.97. The minimum Gasteiger partial charge on any atom is -0.481 e. The average molecular weight is 267 g/mol. The van der Waals surface area contributed by atoms with Gasteiger partial charge >= 0.3 is 5.97 Å². The summed E-state index contributed by atoms with van der Waals surface area (Å²) in [6.07, 6.45) is 0.820. The molecule has 0 spiro atoms. The number of carbonyl (C=O) groups is 1. The lowest BCUT2D eigenvalue weighted by Gasteiger charge is -2.28. The maximum atomic E-state index is 11.7. The molecule has 0 fully saturated rings. The molecule has 0 heterocycles. The van der Waals surface area contributed by atoms with Crippen LogP contribution in [0.4, 0.5) is 0 Å². The van der Waals surface area contributed by atoms with Crippen LogP contribution in [0.25, 0.3) is 0 Å². The van der Waals surface area contributed by atoms with Crippen LogP contribution in [0.2, 0.25) is 0 Å². The van der Waals surface area contributed by atoms with E-state index in [1.54, 1.807) is 6.92 Å². The Bertz CT molecular complexity index is 341. The molecule has 0 saturated carbocycles. The van der Waals surface area contributed by atoms with Crippen LogP contribution in [0.3, 0.4) is 0 Å². The quantitative estimate of drug-likeness (QED) is 0.558. The molecule has 1 unspecified atom stereocenters. The molecule has 0 saturated heterocycles. The number of rotatable bonds is 9. The Labute approximate surface area is 102 Å². The van der Waals surface area contributed by atoms with E-state index in [2.05, 4.69) is 4.72 Å². The minimum absolute atomic E-state index is 0.0869. The van der Waals surface area contributed by atoms with Gasteiger partial charge in [0.05, 0.1) is 5.75 Å². The Balaban J connectivity index is 4.36. The second kappa shape index (κ2) is 6.93. The molecular weight excluding hydrogens is 246 g/mol. The number of nitrogens with one attached hydrogen (secondary N) is 1.